The van der Waals surface area contributed by atoms with E-state index in [-0.39, 0.29) is 30.7 Å². The summed E-state index contributed by atoms with van der Waals surface area (Å²) in [5, 5.41) is 3.55. The maximum absolute atomic E-state index is 12.8. The van der Waals surface area contributed by atoms with Gasteiger partial charge in [-0.2, -0.15) is 0 Å². The Labute approximate surface area is 187 Å². The van der Waals surface area contributed by atoms with Gasteiger partial charge in [-0.1, -0.05) is 29.3 Å². The molecule has 0 spiro atoms. The number of hydrogen-bond donors (Lipinski definition) is 1. The first-order valence-electron chi connectivity index (χ1n) is 9.74. The highest BCUT2D eigenvalue weighted by atomic mass is 35.5. The topological polar surface area (TPSA) is 75.7 Å². The number of rotatable bonds is 7. The summed E-state index contributed by atoms with van der Waals surface area (Å²) in [5.41, 5.74) is 1.09. The molecule has 0 aromatic heterocycles. The smallest absolute Gasteiger partial charge is 0.227 e. The zero-order valence-corrected chi connectivity index (χ0v) is 18.9. The van der Waals surface area contributed by atoms with Crippen molar-refractivity contribution in [2.45, 2.75) is 25.5 Å². The Morgan fingerprint density at radius 1 is 1.10 bits per heavy atom. The number of halogens is 2. The van der Waals surface area contributed by atoms with E-state index in [9.17, 15) is 13.2 Å². The summed E-state index contributed by atoms with van der Waals surface area (Å²) in [6.07, 6.45) is 0.913. The number of piperidine rings is 1. The highest BCUT2D eigenvalue weighted by Crippen LogP contribution is 2.29. The van der Waals surface area contributed by atoms with Gasteiger partial charge in [0.15, 0.2) is 0 Å². The van der Waals surface area contributed by atoms with Gasteiger partial charge < -0.3 is 10.1 Å². The molecule has 162 valence electrons. The van der Waals surface area contributed by atoms with Gasteiger partial charge in [-0.15, -0.1) is 0 Å². The van der Waals surface area contributed by atoms with E-state index in [2.05, 4.69) is 5.32 Å². The number of nitrogens with one attached hydrogen (secondary N) is 1. The molecule has 1 aliphatic heterocycles. The quantitative estimate of drug-likeness (QED) is 0.642. The first-order valence-corrected chi connectivity index (χ1v) is 12.1. The zero-order chi connectivity index (χ0) is 21.7. The van der Waals surface area contributed by atoms with E-state index in [1.807, 2.05) is 6.92 Å². The number of sulfonamides is 1. The molecule has 0 atom stereocenters. The Hall–Kier alpha value is -1.80. The number of anilines is 1. The predicted octanol–water partition coefficient (Wildman–Crippen LogP) is 4.57. The molecule has 1 amide bonds. The van der Waals surface area contributed by atoms with Crippen LogP contribution in [0.5, 0.6) is 5.75 Å². The largest absolute Gasteiger partial charge is 0.494 e. The van der Waals surface area contributed by atoms with Crippen LogP contribution >= 0.6 is 23.2 Å². The lowest BCUT2D eigenvalue weighted by atomic mass is 9.97. The van der Waals surface area contributed by atoms with Crippen LogP contribution in [0.2, 0.25) is 10.0 Å². The summed E-state index contributed by atoms with van der Waals surface area (Å²) in [6, 6.07) is 12.1. The fourth-order valence-electron chi connectivity index (χ4n) is 3.39. The van der Waals surface area contributed by atoms with Crippen molar-refractivity contribution in [3.63, 3.8) is 0 Å². The lowest BCUT2D eigenvalue weighted by Crippen LogP contribution is -2.41. The van der Waals surface area contributed by atoms with E-state index in [4.69, 9.17) is 27.9 Å². The normalized spacial score (nSPS) is 15.7. The van der Waals surface area contributed by atoms with E-state index >= 15 is 0 Å². The Balaban J connectivity index is 1.56. The second-order valence-electron chi connectivity index (χ2n) is 7.08. The van der Waals surface area contributed by atoms with Crippen molar-refractivity contribution >= 4 is 44.8 Å². The van der Waals surface area contributed by atoms with Crippen LogP contribution in [0.4, 0.5) is 5.69 Å². The van der Waals surface area contributed by atoms with Gasteiger partial charge in [0.2, 0.25) is 15.9 Å². The highest BCUT2D eigenvalue weighted by molar-refractivity contribution is 7.88. The standard InChI is InChI=1S/C21H24Cl2N2O4S/c1-2-29-17-8-6-16(7-9-17)24-21(26)15-10-12-25(13-11-15)30(27,28)14-18-19(22)4-3-5-20(18)23/h3-9,15H,2,10-14H2,1H3,(H,24,26). The lowest BCUT2D eigenvalue weighted by molar-refractivity contribution is -0.120. The van der Waals surface area contributed by atoms with Gasteiger partial charge in [-0.25, -0.2) is 12.7 Å². The van der Waals surface area contributed by atoms with Crippen LogP contribution in [0.15, 0.2) is 42.5 Å². The van der Waals surface area contributed by atoms with Gasteiger partial charge in [0.25, 0.3) is 0 Å². The van der Waals surface area contributed by atoms with E-state index in [1.165, 1.54) is 4.31 Å². The lowest BCUT2D eigenvalue weighted by Gasteiger charge is -2.30. The number of nitrogens with zero attached hydrogens (tertiary/aromatic N) is 1. The third-order valence-electron chi connectivity index (χ3n) is 5.04. The third-order valence-corrected chi connectivity index (χ3v) is 7.55. The molecule has 0 aliphatic carbocycles. The van der Waals surface area contributed by atoms with Gasteiger partial charge in [-0.05, 0) is 56.2 Å². The van der Waals surface area contributed by atoms with Crippen molar-refractivity contribution in [3.05, 3.63) is 58.1 Å². The van der Waals surface area contributed by atoms with Crippen LogP contribution in [0.25, 0.3) is 0 Å². The van der Waals surface area contributed by atoms with Crippen molar-refractivity contribution in [2.24, 2.45) is 5.92 Å². The summed E-state index contributed by atoms with van der Waals surface area (Å²) in [4.78, 5) is 12.6. The van der Waals surface area contributed by atoms with Crippen LogP contribution in [-0.4, -0.2) is 38.3 Å². The number of carbonyl (C=O) groups excluding carboxylic acids is 1. The fraction of sp³-hybridized carbons (Fsp3) is 0.381. The van der Waals surface area contributed by atoms with E-state index in [1.54, 1.807) is 42.5 Å². The van der Waals surface area contributed by atoms with Crippen LogP contribution in [0.3, 0.4) is 0 Å². The Morgan fingerprint density at radius 2 is 1.70 bits per heavy atom. The number of benzene rings is 2. The maximum Gasteiger partial charge on any atom is 0.227 e. The fourth-order valence-corrected chi connectivity index (χ4v) is 5.70. The Bertz CT molecular complexity index is 968. The molecular weight excluding hydrogens is 447 g/mol. The van der Waals surface area contributed by atoms with Crippen molar-refractivity contribution in [1.29, 1.82) is 0 Å². The van der Waals surface area contributed by atoms with Crippen LogP contribution in [0, 0.1) is 5.92 Å². The number of carbonyl (C=O) groups is 1. The monoisotopic (exact) mass is 470 g/mol. The predicted molar refractivity (Wildman–Crippen MR) is 120 cm³/mol. The maximum atomic E-state index is 12.8. The van der Waals surface area contributed by atoms with Gasteiger partial charge in [0.1, 0.15) is 5.75 Å². The first-order chi connectivity index (χ1) is 14.3. The van der Waals surface area contributed by atoms with E-state index in [0.717, 1.165) is 5.75 Å². The minimum Gasteiger partial charge on any atom is -0.494 e. The van der Waals surface area contributed by atoms with Crippen molar-refractivity contribution < 1.29 is 17.9 Å². The molecule has 1 heterocycles. The molecule has 1 saturated heterocycles. The summed E-state index contributed by atoms with van der Waals surface area (Å²) in [7, 11) is -3.58. The molecule has 3 rings (SSSR count). The third kappa shape index (κ3) is 5.66. The summed E-state index contributed by atoms with van der Waals surface area (Å²) < 4.78 is 32.4. The van der Waals surface area contributed by atoms with Gasteiger partial charge in [0.05, 0.1) is 12.4 Å². The number of amides is 1. The second kappa shape index (κ2) is 10.0. The minimum atomic E-state index is -3.58. The summed E-state index contributed by atoms with van der Waals surface area (Å²) in [6.45, 7) is 3.05. The first kappa shape index (κ1) is 22.9. The van der Waals surface area contributed by atoms with Crippen molar-refractivity contribution in [1.82, 2.24) is 4.31 Å². The Kier molecular flexibility index (Phi) is 7.63. The molecule has 1 fully saturated rings. The molecule has 30 heavy (non-hydrogen) atoms. The molecule has 0 saturated carbocycles. The van der Waals surface area contributed by atoms with Gasteiger partial charge >= 0.3 is 0 Å². The minimum absolute atomic E-state index is 0.106. The summed E-state index contributed by atoms with van der Waals surface area (Å²) >= 11 is 12.2. The number of ether oxygens (including phenoxy) is 1. The molecule has 2 aromatic carbocycles. The van der Waals surface area contributed by atoms with Gasteiger partial charge in [0, 0.05) is 40.3 Å². The average molecular weight is 471 g/mol. The van der Waals surface area contributed by atoms with Crippen LogP contribution in [-0.2, 0) is 20.6 Å². The van der Waals surface area contributed by atoms with Crippen LogP contribution < -0.4 is 10.1 Å². The van der Waals surface area contributed by atoms with E-state index in [0.29, 0.717) is 40.7 Å². The SMILES string of the molecule is CCOc1ccc(NC(=O)C2CCN(S(=O)(=O)Cc3c(Cl)cccc3Cl)CC2)cc1. The molecule has 1 aliphatic rings. The summed E-state index contributed by atoms with van der Waals surface area (Å²) in [5.74, 6) is 0.138. The van der Waals surface area contributed by atoms with Gasteiger partial charge in [-0.3, -0.25) is 4.79 Å². The highest BCUT2D eigenvalue weighted by Gasteiger charge is 2.32. The molecule has 0 radical (unpaired) electrons. The molecule has 0 unspecified atom stereocenters. The molecule has 1 N–H and O–H groups in total. The molecule has 0 bridgehead atoms. The zero-order valence-electron chi connectivity index (χ0n) is 16.6. The Morgan fingerprint density at radius 3 is 2.27 bits per heavy atom. The number of hydrogen-bond acceptors (Lipinski definition) is 4. The average Bonchev–Trinajstić information content (AvgIpc) is 2.72. The van der Waals surface area contributed by atoms with Crippen LogP contribution in [0.1, 0.15) is 25.3 Å². The molecule has 2 aromatic rings. The molecule has 9 heteroatoms. The molecular formula is C21H24Cl2N2O4S. The van der Waals surface area contributed by atoms with Crippen molar-refractivity contribution in [2.75, 3.05) is 25.0 Å². The second-order valence-corrected chi connectivity index (χ2v) is 9.86. The van der Waals surface area contributed by atoms with E-state index < -0.39 is 10.0 Å². The van der Waals surface area contributed by atoms with Crippen molar-refractivity contribution in [3.8, 4) is 5.75 Å². The molecule has 6 nitrogen and oxygen atoms in total.